The van der Waals surface area contributed by atoms with E-state index in [2.05, 4.69) is 42.4 Å². The Morgan fingerprint density at radius 1 is 0.900 bits per heavy atom. The molecule has 3 amide bonds. The van der Waals surface area contributed by atoms with Gasteiger partial charge in [0, 0.05) is 50.3 Å². The van der Waals surface area contributed by atoms with E-state index in [1.54, 1.807) is 24.3 Å². The van der Waals surface area contributed by atoms with Crippen molar-refractivity contribution in [1.29, 1.82) is 0 Å². The molecule has 2 aromatic carbocycles. The summed E-state index contributed by atoms with van der Waals surface area (Å²) in [6, 6.07) is 13.1. The normalized spacial score (nSPS) is 17.2. The maximum Gasteiger partial charge on any atom is 0.253 e. The van der Waals surface area contributed by atoms with Gasteiger partial charge < -0.3 is 9.80 Å². The average Bonchev–Trinajstić information content (AvgIpc) is 2.77. The van der Waals surface area contributed by atoms with E-state index in [1.807, 2.05) is 4.90 Å². The molecule has 0 atom stereocenters. The Morgan fingerprint density at radius 3 is 2.30 bits per heavy atom. The number of aryl methyl sites for hydroxylation is 1. The molecule has 0 radical (unpaired) electrons. The highest BCUT2D eigenvalue weighted by atomic mass is 16.2. The van der Waals surface area contributed by atoms with E-state index in [0.29, 0.717) is 24.3 Å². The van der Waals surface area contributed by atoms with Crippen LogP contribution in [0.4, 0.5) is 11.4 Å². The van der Waals surface area contributed by atoms with Crippen LogP contribution in [0.15, 0.2) is 42.5 Å². The molecule has 2 saturated heterocycles. The smallest absolute Gasteiger partial charge is 0.253 e. The molecule has 1 N–H and O–H groups in total. The standard InChI is InChI=1S/C23H26N4O3/c1-16-4-3-5-20(17(16)2)25-12-14-26(15-13-25)23(30)18-6-8-19(9-7-18)27-22(29)11-10-21(28)24-27/h3-9H,10-15H2,1-2H3,(H,24,28). The van der Waals surface area contributed by atoms with Crippen LogP contribution in [0.1, 0.15) is 34.3 Å². The molecular weight excluding hydrogens is 380 g/mol. The lowest BCUT2D eigenvalue weighted by Gasteiger charge is -2.37. The third-order valence-electron chi connectivity index (χ3n) is 5.91. The quantitative estimate of drug-likeness (QED) is 0.850. The molecule has 0 unspecified atom stereocenters. The van der Waals surface area contributed by atoms with Crippen LogP contribution in [-0.4, -0.2) is 48.8 Å². The lowest BCUT2D eigenvalue weighted by molar-refractivity contribution is -0.130. The highest BCUT2D eigenvalue weighted by Gasteiger charge is 2.26. The molecule has 2 fully saturated rings. The molecular formula is C23H26N4O3. The van der Waals surface area contributed by atoms with E-state index in [0.717, 1.165) is 13.1 Å². The summed E-state index contributed by atoms with van der Waals surface area (Å²) in [6.45, 7) is 7.17. The van der Waals surface area contributed by atoms with Gasteiger partial charge in [0.25, 0.3) is 5.91 Å². The van der Waals surface area contributed by atoms with Crippen molar-refractivity contribution in [3.8, 4) is 0 Å². The van der Waals surface area contributed by atoms with Crippen molar-refractivity contribution < 1.29 is 14.4 Å². The van der Waals surface area contributed by atoms with Gasteiger partial charge in [0.2, 0.25) is 11.8 Å². The van der Waals surface area contributed by atoms with Crippen molar-refractivity contribution in [3.05, 3.63) is 59.2 Å². The maximum absolute atomic E-state index is 12.9. The van der Waals surface area contributed by atoms with Gasteiger partial charge in [-0.25, -0.2) is 5.01 Å². The Labute approximate surface area is 176 Å². The highest BCUT2D eigenvalue weighted by molar-refractivity contribution is 6.01. The summed E-state index contributed by atoms with van der Waals surface area (Å²) in [4.78, 5) is 40.7. The number of nitrogens with one attached hydrogen (secondary N) is 1. The molecule has 2 heterocycles. The molecule has 2 aliphatic rings. The molecule has 2 aromatic rings. The fourth-order valence-electron chi connectivity index (χ4n) is 3.95. The van der Waals surface area contributed by atoms with Gasteiger partial charge in [-0.05, 0) is 55.3 Å². The van der Waals surface area contributed by atoms with Crippen molar-refractivity contribution in [1.82, 2.24) is 10.3 Å². The van der Waals surface area contributed by atoms with Crippen LogP contribution in [0.5, 0.6) is 0 Å². The van der Waals surface area contributed by atoms with Crippen LogP contribution >= 0.6 is 0 Å². The third kappa shape index (κ3) is 3.87. The summed E-state index contributed by atoms with van der Waals surface area (Å²) >= 11 is 0. The zero-order valence-electron chi connectivity index (χ0n) is 17.4. The molecule has 0 spiro atoms. The van der Waals surface area contributed by atoms with Crippen molar-refractivity contribution >= 4 is 29.1 Å². The van der Waals surface area contributed by atoms with Crippen molar-refractivity contribution in [2.75, 3.05) is 36.1 Å². The first kappa shape index (κ1) is 19.9. The number of nitrogens with zero attached hydrogens (tertiary/aromatic N) is 3. The fourth-order valence-corrected chi connectivity index (χ4v) is 3.95. The van der Waals surface area contributed by atoms with E-state index in [9.17, 15) is 14.4 Å². The second-order valence-corrected chi connectivity index (χ2v) is 7.81. The summed E-state index contributed by atoms with van der Waals surface area (Å²) < 4.78 is 0. The Bertz CT molecular complexity index is 978. The topological polar surface area (TPSA) is 73.0 Å². The molecule has 7 heteroatoms. The second kappa shape index (κ2) is 8.18. The van der Waals surface area contributed by atoms with E-state index >= 15 is 0 Å². The number of piperazine rings is 1. The number of carbonyl (C=O) groups is 3. The molecule has 7 nitrogen and oxygen atoms in total. The summed E-state index contributed by atoms with van der Waals surface area (Å²) in [7, 11) is 0. The van der Waals surface area contributed by atoms with E-state index in [-0.39, 0.29) is 30.6 Å². The number of hydrogen-bond acceptors (Lipinski definition) is 4. The first-order valence-corrected chi connectivity index (χ1v) is 10.3. The molecule has 30 heavy (non-hydrogen) atoms. The van der Waals surface area contributed by atoms with Crippen LogP contribution in [0.3, 0.4) is 0 Å². The van der Waals surface area contributed by atoms with Gasteiger partial charge in [-0.15, -0.1) is 0 Å². The van der Waals surface area contributed by atoms with E-state index in [1.165, 1.54) is 21.8 Å². The summed E-state index contributed by atoms with van der Waals surface area (Å²) in [5.74, 6) is -0.358. The molecule has 4 rings (SSSR count). The van der Waals surface area contributed by atoms with Crippen molar-refractivity contribution in [3.63, 3.8) is 0 Å². The molecule has 0 aromatic heterocycles. The SMILES string of the molecule is Cc1cccc(N2CCN(C(=O)c3ccc(N4NC(=O)CCC4=O)cc3)CC2)c1C. The first-order valence-electron chi connectivity index (χ1n) is 10.3. The number of hydrazine groups is 1. The molecule has 2 aliphatic heterocycles. The summed E-state index contributed by atoms with van der Waals surface area (Å²) in [5, 5.41) is 1.25. The highest BCUT2D eigenvalue weighted by Crippen LogP contribution is 2.24. The average molecular weight is 406 g/mol. The molecule has 0 aliphatic carbocycles. The third-order valence-corrected chi connectivity index (χ3v) is 5.91. The lowest BCUT2D eigenvalue weighted by atomic mass is 10.1. The first-order chi connectivity index (χ1) is 14.4. The Morgan fingerprint density at radius 2 is 1.60 bits per heavy atom. The number of benzene rings is 2. The Hall–Kier alpha value is -3.35. The zero-order valence-corrected chi connectivity index (χ0v) is 17.4. The summed E-state index contributed by atoms with van der Waals surface area (Å²) in [6.07, 6.45) is 0.400. The summed E-state index contributed by atoms with van der Waals surface area (Å²) in [5.41, 5.74) is 7.50. The number of hydrogen-bond donors (Lipinski definition) is 1. The number of amides is 3. The van der Waals surface area contributed by atoms with Gasteiger partial charge in [-0.2, -0.15) is 0 Å². The van der Waals surface area contributed by atoms with Crippen molar-refractivity contribution in [2.24, 2.45) is 0 Å². The van der Waals surface area contributed by atoms with Gasteiger partial charge in [0.15, 0.2) is 0 Å². The minimum atomic E-state index is -0.184. The van der Waals surface area contributed by atoms with Crippen LogP contribution in [0.25, 0.3) is 0 Å². The van der Waals surface area contributed by atoms with Gasteiger partial charge in [-0.3, -0.25) is 19.8 Å². The maximum atomic E-state index is 12.9. The molecule has 0 saturated carbocycles. The molecule has 156 valence electrons. The second-order valence-electron chi connectivity index (χ2n) is 7.81. The predicted octanol–water partition coefficient (Wildman–Crippen LogP) is 2.42. The van der Waals surface area contributed by atoms with Crippen LogP contribution in [0.2, 0.25) is 0 Å². The monoisotopic (exact) mass is 406 g/mol. The Kier molecular flexibility index (Phi) is 5.44. The minimum Gasteiger partial charge on any atom is -0.368 e. The number of rotatable bonds is 3. The largest absolute Gasteiger partial charge is 0.368 e. The molecule has 0 bridgehead atoms. The van der Waals surface area contributed by atoms with Gasteiger partial charge in [0.1, 0.15) is 0 Å². The number of carbonyl (C=O) groups excluding carboxylic acids is 3. The van der Waals surface area contributed by atoms with Crippen LogP contribution in [-0.2, 0) is 9.59 Å². The van der Waals surface area contributed by atoms with Crippen LogP contribution < -0.4 is 15.3 Å². The Balaban J connectivity index is 1.40. The van der Waals surface area contributed by atoms with Gasteiger partial charge in [-0.1, -0.05) is 12.1 Å². The van der Waals surface area contributed by atoms with Crippen LogP contribution in [0, 0.1) is 13.8 Å². The predicted molar refractivity (Wildman–Crippen MR) is 115 cm³/mol. The van der Waals surface area contributed by atoms with Gasteiger partial charge in [0.05, 0.1) is 5.69 Å². The zero-order chi connectivity index (χ0) is 21.3. The fraction of sp³-hybridized carbons (Fsp3) is 0.348. The minimum absolute atomic E-state index is 0.0174. The number of anilines is 2. The van der Waals surface area contributed by atoms with E-state index in [4.69, 9.17) is 0 Å². The van der Waals surface area contributed by atoms with E-state index < -0.39 is 0 Å². The van der Waals surface area contributed by atoms with Gasteiger partial charge >= 0.3 is 0 Å². The van der Waals surface area contributed by atoms with Crippen molar-refractivity contribution in [2.45, 2.75) is 26.7 Å². The lowest BCUT2D eigenvalue weighted by Crippen LogP contribution is -2.50.